The molecule has 0 unspecified atom stereocenters. The Balaban J connectivity index is 0. The van der Waals surface area contributed by atoms with Gasteiger partial charge in [0, 0.05) is 37.7 Å². The molecule has 0 heterocycles. The van der Waals surface area contributed by atoms with E-state index in [4.69, 9.17) is 0 Å². The number of carbonyl (C=O) groups is 1. The topological polar surface area (TPSA) is 26.3 Å². The smallest absolute Gasteiger partial charge is 0.312 e. The Morgan fingerprint density at radius 1 is 1.50 bits per heavy atom. The van der Waals surface area contributed by atoms with E-state index in [-0.39, 0.29) is 49.6 Å². The Morgan fingerprint density at radius 3 is 2.00 bits per heavy atom. The normalized spacial score (nSPS) is 10.0. The molecule has 2 nitrogen and oxygen atoms in total. The molecule has 0 saturated heterocycles. The van der Waals surface area contributed by atoms with Crippen molar-refractivity contribution in [2.75, 3.05) is 5.94 Å². The molecular weight excluding hydrogens is 176 g/mol. The SMILES string of the molecule is CC(C)(C)C(=O)OCS.[Ar]. The van der Waals surface area contributed by atoms with Crippen molar-refractivity contribution in [2.24, 2.45) is 5.41 Å². The Labute approximate surface area is 97.1 Å². The number of rotatable bonds is 1. The molecule has 0 bridgehead atoms. The summed E-state index contributed by atoms with van der Waals surface area (Å²) in [7, 11) is 0. The number of hydrogen-bond donors (Lipinski definition) is 1. The van der Waals surface area contributed by atoms with E-state index in [9.17, 15) is 4.79 Å². The maximum atomic E-state index is 10.8. The number of carbonyl (C=O) groups excluding carboxylic acids is 1. The third-order valence-corrected chi connectivity index (χ3v) is 0.937. The zero-order valence-corrected chi connectivity index (χ0v) is 7.93. The molecule has 0 atom stereocenters. The van der Waals surface area contributed by atoms with E-state index in [1.54, 1.807) is 20.8 Å². The Kier molecular flexibility index (Phi) is 7.78. The summed E-state index contributed by atoms with van der Waals surface area (Å²) in [6.45, 7) is 5.41. The molecule has 0 fully saturated rings. The fourth-order valence-corrected chi connectivity index (χ4v) is 0.392. The van der Waals surface area contributed by atoms with Gasteiger partial charge in [-0.05, 0) is 20.8 Å². The second kappa shape index (κ2) is 5.69. The standard InChI is InChI=1S/C6H12O2S.Ar/c1-6(2,3)5(7)8-4-9;/h9H,4H2,1-3H3;. The first-order chi connectivity index (χ1) is 3.98. The third-order valence-electron chi connectivity index (χ3n) is 0.808. The molecule has 0 aliphatic rings. The second-order valence-corrected chi connectivity index (χ2v) is 3.07. The van der Waals surface area contributed by atoms with Crippen LogP contribution in [-0.4, -0.2) is 11.9 Å². The van der Waals surface area contributed by atoms with E-state index in [0.29, 0.717) is 0 Å². The molecule has 0 aromatic rings. The predicted octanol–water partition coefficient (Wildman–Crippen LogP) is 1.46. The monoisotopic (exact) mass is 188 g/mol. The average molecular weight is 188 g/mol. The molecule has 0 spiro atoms. The van der Waals surface area contributed by atoms with Crippen LogP contribution in [0.1, 0.15) is 20.8 Å². The van der Waals surface area contributed by atoms with Crippen molar-refractivity contribution < 1.29 is 47.3 Å². The van der Waals surface area contributed by atoms with Gasteiger partial charge in [-0.2, -0.15) is 0 Å². The molecule has 0 aliphatic heterocycles. The van der Waals surface area contributed by atoms with Crippen LogP contribution >= 0.6 is 12.6 Å². The number of esters is 1. The van der Waals surface area contributed by atoms with Crippen molar-refractivity contribution in [1.29, 1.82) is 0 Å². The van der Waals surface area contributed by atoms with E-state index < -0.39 is 5.41 Å². The molecule has 0 amide bonds. The van der Waals surface area contributed by atoms with Crippen LogP contribution in [0.3, 0.4) is 0 Å². The van der Waals surface area contributed by atoms with Crippen molar-refractivity contribution >= 4 is 18.6 Å². The molecular formula is C6H12ArO2S. The summed E-state index contributed by atoms with van der Waals surface area (Å²) >= 11 is 3.75. The minimum absolute atomic E-state index is 0. The van der Waals surface area contributed by atoms with E-state index in [1.165, 1.54) is 0 Å². The van der Waals surface area contributed by atoms with Crippen LogP contribution in [0.4, 0.5) is 0 Å². The zero-order valence-electron chi connectivity index (χ0n) is 6.32. The first-order valence-electron chi connectivity index (χ1n) is 2.76. The fourth-order valence-electron chi connectivity index (χ4n) is 0.275. The molecule has 10 heavy (non-hydrogen) atoms. The van der Waals surface area contributed by atoms with Crippen molar-refractivity contribution in [3.8, 4) is 0 Å². The van der Waals surface area contributed by atoms with Gasteiger partial charge >= 0.3 is 5.97 Å². The van der Waals surface area contributed by atoms with Crippen molar-refractivity contribution in [2.45, 2.75) is 20.8 Å². The van der Waals surface area contributed by atoms with Crippen LogP contribution < -0.4 is 0 Å². The van der Waals surface area contributed by atoms with Gasteiger partial charge in [0.05, 0.1) is 5.41 Å². The molecule has 4 heteroatoms. The van der Waals surface area contributed by atoms with Gasteiger partial charge in [-0.25, -0.2) is 0 Å². The van der Waals surface area contributed by atoms with E-state index in [0.717, 1.165) is 0 Å². The molecule has 0 aliphatic carbocycles. The van der Waals surface area contributed by atoms with Gasteiger partial charge in [-0.1, -0.05) is 0 Å². The number of ether oxygens (including phenoxy) is 1. The van der Waals surface area contributed by atoms with Crippen LogP contribution in [0.25, 0.3) is 0 Å². The second-order valence-electron chi connectivity index (χ2n) is 2.81. The summed E-state index contributed by atoms with van der Waals surface area (Å²) in [5, 5.41) is 0. The van der Waals surface area contributed by atoms with Gasteiger partial charge in [0.2, 0.25) is 0 Å². The van der Waals surface area contributed by atoms with Crippen LogP contribution in [0.2, 0.25) is 0 Å². The van der Waals surface area contributed by atoms with Gasteiger partial charge in [0.25, 0.3) is 0 Å². The predicted molar refractivity (Wildman–Crippen MR) is 39.4 cm³/mol. The van der Waals surface area contributed by atoms with Crippen molar-refractivity contribution in [3.05, 3.63) is 0 Å². The van der Waals surface area contributed by atoms with Crippen LogP contribution in [0.15, 0.2) is 0 Å². The summed E-state index contributed by atoms with van der Waals surface area (Å²) in [5.41, 5.74) is -0.400. The van der Waals surface area contributed by atoms with Crippen LogP contribution in [0.5, 0.6) is 0 Å². The molecule has 0 rings (SSSR count). The summed E-state index contributed by atoms with van der Waals surface area (Å²) < 4.78 is 4.63. The molecule has 0 aromatic carbocycles. The summed E-state index contributed by atoms with van der Waals surface area (Å²) in [4.78, 5) is 10.8. The summed E-state index contributed by atoms with van der Waals surface area (Å²) in [6.07, 6.45) is 0. The largest absolute Gasteiger partial charge is 0.454 e. The molecule has 0 N–H and O–H groups in total. The molecule has 0 aromatic heterocycles. The van der Waals surface area contributed by atoms with Crippen LogP contribution in [0, 0.1) is 43.2 Å². The first kappa shape index (κ1) is 13.7. The van der Waals surface area contributed by atoms with Gasteiger partial charge in [0.1, 0.15) is 5.94 Å². The summed E-state index contributed by atoms with van der Waals surface area (Å²) in [6, 6.07) is 0. The van der Waals surface area contributed by atoms with Gasteiger partial charge < -0.3 is 4.74 Å². The molecule has 62 valence electrons. The number of thiol groups is 1. The van der Waals surface area contributed by atoms with E-state index in [1.807, 2.05) is 0 Å². The minimum atomic E-state index is -0.400. The third kappa shape index (κ3) is 5.83. The summed E-state index contributed by atoms with van der Waals surface area (Å²) in [5.74, 6) is -0.0478. The Bertz CT molecular complexity index is 109. The van der Waals surface area contributed by atoms with Gasteiger partial charge in [-0.3, -0.25) is 4.79 Å². The minimum Gasteiger partial charge on any atom is -0.454 e. The first-order valence-corrected chi connectivity index (χ1v) is 3.40. The Hall–Kier alpha value is 1.08. The maximum absolute atomic E-state index is 10.8. The zero-order chi connectivity index (χ0) is 7.49. The maximum Gasteiger partial charge on any atom is 0.312 e. The van der Waals surface area contributed by atoms with Crippen molar-refractivity contribution in [1.82, 2.24) is 0 Å². The van der Waals surface area contributed by atoms with E-state index in [2.05, 4.69) is 17.4 Å². The quantitative estimate of drug-likeness (QED) is 0.383. The fraction of sp³-hybridized carbons (Fsp3) is 0.833. The Morgan fingerprint density at radius 2 is 1.90 bits per heavy atom. The van der Waals surface area contributed by atoms with Crippen LogP contribution in [-0.2, 0) is 9.53 Å². The molecule has 0 radical (unpaired) electrons. The average Bonchev–Trinajstić information content (AvgIpc) is 1.64. The number of hydrogen-bond acceptors (Lipinski definition) is 3. The van der Waals surface area contributed by atoms with Gasteiger partial charge in [0.15, 0.2) is 0 Å². The van der Waals surface area contributed by atoms with E-state index >= 15 is 0 Å². The molecule has 0 saturated carbocycles. The van der Waals surface area contributed by atoms with Crippen molar-refractivity contribution in [3.63, 3.8) is 0 Å². The van der Waals surface area contributed by atoms with Gasteiger partial charge in [-0.15, -0.1) is 12.6 Å².